The molecule has 0 aromatic heterocycles. The van der Waals surface area contributed by atoms with Gasteiger partial charge >= 0.3 is 0 Å². The number of hydrogen-bond donors (Lipinski definition) is 2. The van der Waals surface area contributed by atoms with Crippen molar-refractivity contribution in [1.29, 1.82) is 0 Å². The van der Waals surface area contributed by atoms with Gasteiger partial charge in [0.25, 0.3) is 5.24 Å². The summed E-state index contributed by atoms with van der Waals surface area (Å²) >= 11 is 1.14. The maximum atomic E-state index is 11.9. The molecule has 3 fully saturated rings. The molecule has 88 valence electrons. The van der Waals surface area contributed by atoms with Crippen LogP contribution in [0.2, 0.25) is 0 Å². The summed E-state index contributed by atoms with van der Waals surface area (Å²) in [5.41, 5.74) is -0.634. The molecule has 1 saturated carbocycles. The van der Waals surface area contributed by atoms with Gasteiger partial charge in [0, 0.05) is 5.75 Å². The van der Waals surface area contributed by atoms with Gasteiger partial charge in [0.1, 0.15) is 11.6 Å². The summed E-state index contributed by atoms with van der Waals surface area (Å²) in [6, 6.07) is -0.388. The summed E-state index contributed by atoms with van der Waals surface area (Å²) in [6.07, 6.45) is 2.16. The molecule has 2 heterocycles. The monoisotopic (exact) mass is 242 g/mol. The molecule has 2 aliphatic heterocycles. The Bertz CT molecular complexity index is 350. The van der Waals surface area contributed by atoms with Gasteiger partial charge < -0.3 is 15.3 Å². The van der Waals surface area contributed by atoms with Crippen molar-refractivity contribution in [3.63, 3.8) is 0 Å². The van der Waals surface area contributed by atoms with Gasteiger partial charge in [0.05, 0.1) is 13.1 Å². The SMILES string of the molecule is O=C1NC(C(=O)N2CC(O)(C3CC3)C2)CS1. The Labute approximate surface area is 97.6 Å². The molecule has 2 N–H and O–H groups in total. The number of carbonyl (C=O) groups excluding carboxylic acids is 2. The molecular weight excluding hydrogens is 228 g/mol. The third kappa shape index (κ3) is 1.60. The van der Waals surface area contributed by atoms with E-state index in [-0.39, 0.29) is 17.2 Å². The third-order valence-electron chi connectivity index (χ3n) is 3.55. The van der Waals surface area contributed by atoms with E-state index in [1.165, 1.54) is 0 Å². The predicted octanol–water partition coefficient (Wildman–Crippen LogP) is -0.205. The van der Waals surface area contributed by atoms with Gasteiger partial charge in [0.15, 0.2) is 0 Å². The first-order chi connectivity index (χ1) is 7.58. The van der Waals surface area contributed by atoms with E-state index >= 15 is 0 Å². The molecule has 1 atom stereocenters. The number of β-amino-alcohol motifs (C(OH)–C–C–N with tert-alkyl or cyclic N) is 1. The smallest absolute Gasteiger partial charge is 0.279 e. The molecule has 1 unspecified atom stereocenters. The molecule has 3 rings (SSSR count). The lowest BCUT2D eigenvalue weighted by Gasteiger charge is -2.47. The van der Waals surface area contributed by atoms with Gasteiger partial charge in [0.2, 0.25) is 5.91 Å². The highest BCUT2D eigenvalue weighted by Gasteiger charge is 2.54. The zero-order valence-electron chi connectivity index (χ0n) is 8.81. The first-order valence-corrected chi connectivity index (χ1v) is 6.51. The van der Waals surface area contributed by atoms with Crippen LogP contribution in [0.3, 0.4) is 0 Å². The summed E-state index contributed by atoms with van der Waals surface area (Å²) in [6.45, 7) is 0.876. The Hall–Kier alpha value is -0.750. The fourth-order valence-corrected chi connectivity index (χ4v) is 3.16. The van der Waals surface area contributed by atoms with Crippen LogP contribution < -0.4 is 5.32 Å². The highest BCUT2D eigenvalue weighted by Crippen LogP contribution is 2.44. The molecule has 0 bridgehead atoms. The minimum absolute atomic E-state index is 0.0522. The lowest BCUT2D eigenvalue weighted by molar-refractivity contribution is -0.160. The second-order valence-electron chi connectivity index (χ2n) is 4.87. The quantitative estimate of drug-likeness (QED) is 0.703. The van der Waals surface area contributed by atoms with Crippen molar-refractivity contribution in [2.75, 3.05) is 18.8 Å². The van der Waals surface area contributed by atoms with E-state index in [1.54, 1.807) is 4.90 Å². The van der Waals surface area contributed by atoms with Crippen LogP contribution in [-0.2, 0) is 4.79 Å². The van der Waals surface area contributed by atoms with E-state index < -0.39 is 5.60 Å². The van der Waals surface area contributed by atoms with Gasteiger partial charge in [-0.25, -0.2) is 0 Å². The highest BCUT2D eigenvalue weighted by atomic mass is 32.2. The predicted molar refractivity (Wildman–Crippen MR) is 59.0 cm³/mol. The Morgan fingerprint density at radius 2 is 2.19 bits per heavy atom. The van der Waals surface area contributed by atoms with Crippen molar-refractivity contribution in [1.82, 2.24) is 10.2 Å². The van der Waals surface area contributed by atoms with Crippen molar-refractivity contribution >= 4 is 22.9 Å². The van der Waals surface area contributed by atoms with Crippen LogP contribution in [0.15, 0.2) is 0 Å². The molecule has 2 amide bonds. The molecule has 1 aliphatic carbocycles. The van der Waals surface area contributed by atoms with Crippen molar-refractivity contribution in [2.45, 2.75) is 24.5 Å². The normalized spacial score (nSPS) is 32.2. The summed E-state index contributed by atoms with van der Waals surface area (Å²) in [7, 11) is 0. The highest BCUT2D eigenvalue weighted by molar-refractivity contribution is 8.14. The maximum Gasteiger partial charge on any atom is 0.279 e. The van der Waals surface area contributed by atoms with Crippen LogP contribution in [0, 0.1) is 5.92 Å². The molecule has 2 saturated heterocycles. The average molecular weight is 242 g/mol. The molecular formula is C10H14N2O3S. The van der Waals surface area contributed by atoms with E-state index in [0.29, 0.717) is 24.8 Å². The lowest BCUT2D eigenvalue weighted by atomic mass is 9.88. The standard InChI is InChI=1S/C10H14N2O3S/c13-8(7-3-16-9(14)11-7)12-4-10(15,5-12)6-1-2-6/h6-7,15H,1-5H2,(H,11,14). The van der Waals surface area contributed by atoms with E-state index in [9.17, 15) is 14.7 Å². The molecule has 5 nitrogen and oxygen atoms in total. The number of carbonyl (C=O) groups is 2. The van der Waals surface area contributed by atoms with E-state index in [0.717, 1.165) is 24.6 Å². The van der Waals surface area contributed by atoms with Gasteiger partial charge in [-0.05, 0) is 18.8 Å². The van der Waals surface area contributed by atoms with Crippen molar-refractivity contribution in [2.24, 2.45) is 5.92 Å². The maximum absolute atomic E-state index is 11.9. The summed E-state index contributed by atoms with van der Waals surface area (Å²) in [5.74, 6) is 0.850. The molecule has 16 heavy (non-hydrogen) atoms. The molecule has 0 spiro atoms. The topological polar surface area (TPSA) is 69.6 Å². The number of thioether (sulfide) groups is 1. The van der Waals surface area contributed by atoms with Crippen LogP contribution in [0.25, 0.3) is 0 Å². The van der Waals surface area contributed by atoms with Crippen LogP contribution in [0.1, 0.15) is 12.8 Å². The number of likely N-dealkylation sites (tertiary alicyclic amines) is 1. The zero-order valence-corrected chi connectivity index (χ0v) is 9.63. The van der Waals surface area contributed by atoms with Gasteiger partial charge in [-0.15, -0.1) is 0 Å². The van der Waals surface area contributed by atoms with E-state index in [1.807, 2.05) is 0 Å². The molecule has 0 radical (unpaired) electrons. The van der Waals surface area contributed by atoms with E-state index in [4.69, 9.17) is 0 Å². The summed E-state index contributed by atoms with van der Waals surface area (Å²) < 4.78 is 0. The third-order valence-corrected chi connectivity index (χ3v) is 4.43. The fraction of sp³-hybridized carbons (Fsp3) is 0.800. The number of hydrogen-bond acceptors (Lipinski definition) is 4. The fourth-order valence-electron chi connectivity index (χ4n) is 2.39. The largest absolute Gasteiger partial charge is 0.386 e. The first-order valence-electron chi connectivity index (χ1n) is 5.53. The number of amides is 2. The van der Waals surface area contributed by atoms with Crippen molar-refractivity contribution in [3.05, 3.63) is 0 Å². The second-order valence-corrected chi connectivity index (χ2v) is 5.86. The minimum Gasteiger partial charge on any atom is -0.386 e. The molecule has 0 aromatic rings. The average Bonchev–Trinajstić information content (AvgIpc) is 2.96. The van der Waals surface area contributed by atoms with E-state index in [2.05, 4.69) is 5.32 Å². The number of rotatable bonds is 2. The van der Waals surface area contributed by atoms with Crippen molar-refractivity contribution in [3.8, 4) is 0 Å². The molecule has 3 aliphatic rings. The van der Waals surface area contributed by atoms with Gasteiger partial charge in [-0.2, -0.15) is 0 Å². The lowest BCUT2D eigenvalue weighted by Crippen LogP contribution is -2.67. The molecule has 0 aromatic carbocycles. The Balaban J connectivity index is 1.56. The number of aliphatic hydroxyl groups is 1. The van der Waals surface area contributed by atoms with Gasteiger partial charge in [-0.3, -0.25) is 9.59 Å². The van der Waals surface area contributed by atoms with Crippen LogP contribution in [0.4, 0.5) is 4.79 Å². The first kappa shape index (κ1) is 10.4. The Morgan fingerprint density at radius 1 is 1.50 bits per heavy atom. The Kier molecular flexibility index (Phi) is 2.19. The number of nitrogens with one attached hydrogen (secondary N) is 1. The van der Waals surface area contributed by atoms with Crippen LogP contribution >= 0.6 is 11.8 Å². The summed E-state index contributed by atoms with van der Waals surface area (Å²) in [5, 5.41) is 12.6. The summed E-state index contributed by atoms with van der Waals surface area (Å²) in [4.78, 5) is 24.5. The number of nitrogens with zero attached hydrogens (tertiary/aromatic N) is 1. The van der Waals surface area contributed by atoms with Crippen LogP contribution in [-0.4, -0.2) is 51.6 Å². The second kappa shape index (κ2) is 3.37. The zero-order chi connectivity index (χ0) is 11.3. The van der Waals surface area contributed by atoms with Crippen molar-refractivity contribution < 1.29 is 14.7 Å². The van der Waals surface area contributed by atoms with Crippen LogP contribution in [0.5, 0.6) is 0 Å². The Morgan fingerprint density at radius 3 is 2.69 bits per heavy atom. The molecule has 6 heteroatoms. The van der Waals surface area contributed by atoms with Gasteiger partial charge in [-0.1, -0.05) is 11.8 Å². The minimum atomic E-state index is -0.634.